The first-order valence-corrected chi connectivity index (χ1v) is 8.73. The second-order valence-corrected chi connectivity index (χ2v) is 6.63. The Bertz CT molecular complexity index is 1200. The molecule has 0 nitrogen and oxygen atoms in total. The summed E-state index contributed by atoms with van der Waals surface area (Å²) < 4.78 is 0. The van der Waals surface area contributed by atoms with Crippen LogP contribution in [0, 0.1) is 6.92 Å². The van der Waals surface area contributed by atoms with Crippen LogP contribution in [0.15, 0.2) is 91.0 Å². The Morgan fingerprint density at radius 3 is 1.48 bits per heavy atom. The van der Waals surface area contributed by atoms with Crippen molar-refractivity contribution < 1.29 is 0 Å². The largest absolute Gasteiger partial charge is 0.0620 e. The number of benzene rings is 5. The van der Waals surface area contributed by atoms with Crippen LogP contribution in [0.3, 0.4) is 0 Å². The minimum atomic E-state index is 1.31. The van der Waals surface area contributed by atoms with Crippen LogP contribution in [0.2, 0.25) is 0 Å². The summed E-state index contributed by atoms with van der Waals surface area (Å²) in [5.41, 5.74) is 3.94. The van der Waals surface area contributed by atoms with Crippen molar-refractivity contribution in [1.82, 2.24) is 0 Å². The first-order valence-electron chi connectivity index (χ1n) is 8.73. The van der Waals surface area contributed by atoms with Crippen molar-refractivity contribution >= 4 is 32.3 Å². The summed E-state index contributed by atoms with van der Waals surface area (Å²) >= 11 is 0. The fraction of sp³-hybridized carbons (Fsp3) is 0.0400. The third kappa shape index (κ3) is 2.08. The minimum absolute atomic E-state index is 1.31. The summed E-state index contributed by atoms with van der Waals surface area (Å²) in [6.45, 7) is 2.19. The smallest absolute Gasteiger partial charge is 0.00203 e. The lowest BCUT2D eigenvalue weighted by Crippen LogP contribution is -1.88. The molecule has 0 bridgehead atoms. The van der Waals surface area contributed by atoms with Gasteiger partial charge in [-0.15, -0.1) is 0 Å². The van der Waals surface area contributed by atoms with E-state index in [1.165, 1.54) is 49.0 Å². The number of aryl methyl sites for hydroxylation is 1. The number of rotatable bonds is 1. The highest BCUT2D eigenvalue weighted by molar-refractivity contribution is 6.28. The summed E-state index contributed by atoms with van der Waals surface area (Å²) in [5, 5.41) is 7.99. The van der Waals surface area contributed by atoms with Gasteiger partial charge >= 0.3 is 0 Å². The molecule has 0 spiro atoms. The van der Waals surface area contributed by atoms with Gasteiger partial charge in [-0.05, 0) is 55.9 Å². The normalized spacial score (nSPS) is 11.4. The Balaban J connectivity index is 2.08. The first-order chi connectivity index (χ1) is 12.3. The van der Waals surface area contributed by atoms with E-state index in [4.69, 9.17) is 0 Å². The van der Waals surface area contributed by atoms with Crippen molar-refractivity contribution in [3.63, 3.8) is 0 Å². The van der Waals surface area contributed by atoms with Gasteiger partial charge in [-0.25, -0.2) is 0 Å². The molecule has 0 aromatic heterocycles. The fourth-order valence-corrected chi connectivity index (χ4v) is 4.06. The van der Waals surface area contributed by atoms with Gasteiger partial charge in [0.05, 0.1) is 0 Å². The van der Waals surface area contributed by atoms with E-state index in [1.807, 2.05) is 0 Å². The van der Waals surface area contributed by atoms with Gasteiger partial charge in [-0.2, -0.15) is 0 Å². The summed E-state index contributed by atoms with van der Waals surface area (Å²) in [6.07, 6.45) is 0. The van der Waals surface area contributed by atoms with E-state index in [0.29, 0.717) is 0 Å². The summed E-state index contributed by atoms with van der Waals surface area (Å²) in [5.74, 6) is 0. The topological polar surface area (TPSA) is 0 Å². The number of hydrogen-bond acceptors (Lipinski definition) is 0. The quantitative estimate of drug-likeness (QED) is 0.289. The van der Waals surface area contributed by atoms with E-state index in [9.17, 15) is 0 Å². The zero-order chi connectivity index (χ0) is 16.8. The van der Waals surface area contributed by atoms with Crippen LogP contribution in [0.5, 0.6) is 0 Å². The molecule has 0 aliphatic carbocycles. The highest BCUT2D eigenvalue weighted by Gasteiger charge is 2.12. The molecule has 5 aromatic rings. The van der Waals surface area contributed by atoms with E-state index in [2.05, 4.69) is 97.9 Å². The van der Waals surface area contributed by atoms with Gasteiger partial charge in [-0.3, -0.25) is 0 Å². The predicted molar refractivity (Wildman–Crippen MR) is 109 cm³/mol. The van der Waals surface area contributed by atoms with Gasteiger partial charge < -0.3 is 0 Å². The highest BCUT2D eigenvalue weighted by Crippen LogP contribution is 2.40. The standard InChI is InChI=1S/C25H18/c1-17-9-2-3-10-18(17)22-15-8-16-24-21-12-5-4-11-19(21)20-13-6-7-14-23(20)25(22)24/h2-16H,1H3. The summed E-state index contributed by atoms with van der Waals surface area (Å²) in [7, 11) is 0. The molecule has 0 unspecified atom stereocenters. The average Bonchev–Trinajstić information content (AvgIpc) is 2.68. The van der Waals surface area contributed by atoms with E-state index in [0.717, 1.165) is 0 Å². The van der Waals surface area contributed by atoms with Crippen molar-refractivity contribution in [2.24, 2.45) is 0 Å². The Kier molecular flexibility index (Phi) is 3.11. The maximum absolute atomic E-state index is 2.26. The monoisotopic (exact) mass is 318 g/mol. The van der Waals surface area contributed by atoms with Crippen molar-refractivity contribution in [3.05, 3.63) is 96.6 Å². The van der Waals surface area contributed by atoms with E-state index >= 15 is 0 Å². The van der Waals surface area contributed by atoms with Crippen molar-refractivity contribution in [2.45, 2.75) is 6.92 Å². The SMILES string of the molecule is Cc1ccccc1-c1cccc2c3ccccc3c3ccccc3c12. The van der Waals surface area contributed by atoms with Gasteiger partial charge in [0, 0.05) is 0 Å². The fourth-order valence-electron chi connectivity index (χ4n) is 4.06. The van der Waals surface area contributed by atoms with Gasteiger partial charge in [-0.1, -0.05) is 91.0 Å². The predicted octanol–water partition coefficient (Wildman–Crippen LogP) is 7.12. The van der Waals surface area contributed by atoms with Crippen LogP contribution in [-0.2, 0) is 0 Å². The Morgan fingerprint density at radius 2 is 0.840 bits per heavy atom. The molecule has 0 amide bonds. The lowest BCUT2D eigenvalue weighted by atomic mass is 9.88. The van der Waals surface area contributed by atoms with Crippen molar-refractivity contribution in [1.29, 1.82) is 0 Å². The highest BCUT2D eigenvalue weighted by atomic mass is 14.2. The Hall–Kier alpha value is -3.12. The minimum Gasteiger partial charge on any atom is -0.0620 e. The van der Waals surface area contributed by atoms with Crippen LogP contribution in [-0.4, -0.2) is 0 Å². The van der Waals surface area contributed by atoms with Gasteiger partial charge in [0.2, 0.25) is 0 Å². The molecule has 0 saturated carbocycles. The zero-order valence-electron chi connectivity index (χ0n) is 14.2. The molecule has 0 fully saturated rings. The molecule has 118 valence electrons. The average molecular weight is 318 g/mol. The van der Waals surface area contributed by atoms with Crippen molar-refractivity contribution in [3.8, 4) is 11.1 Å². The third-order valence-corrected chi connectivity index (χ3v) is 5.20. The maximum Gasteiger partial charge on any atom is -0.00203 e. The van der Waals surface area contributed by atoms with Gasteiger partial charge in [0.15, 0.2) is 0 Å². The maximum atomic E-state index is 2.26. The van der Waals surface area contributed by atoms with E-state index < -0.39 is 0 Å². The molecular weight excluding hydrogens is 300 g/mol. The molecule has 0 aliphatic heterocycles. The molecular formula is C25H18. The molecule has 0 radical (unpaired) electrons. The van der Waals surface area contributed by atoms with Crippen LogP contribution < -0.4 is 0 Å². The van der Waals surface area contributed by atoms with Gasteiger partial charge in [0.25, 0.3) is 0 Å². The Labute approximate surface area is 147 Å². The van der Waals surface area contributed by atoms with Crippen LogP contribution >= 0.6 is 0 Å². The summed E-state index contributed by atoms with van der Waals surface area (Å²) in [4.78, 5) is 0. The summed E-state index contributed by atoms with van der Waals surface area (Å²) in [6, 6.07) is 32.9. The molecule has 0 atom stereocenters. The molecule has 25 heavy (non-hydrogen) atoms. The van der Waals surface area contributed by atoms with Crippen LogP contribution in [0.25, 0.3) is 43.4 Å². The first kappa shape index (κ1) is 14.2. The molecule has 0 aliphatic rings. The molecule has 0 heteroatoms. The second kappa shape index (κ2) is 5.46. The third-order valence-electron chi connectivity index (χ3n) is 5.20. The lowest BCUT2D eigenvalue weighted by Gasteiger charge is -2.15. The lowest BCUT2D eigenvalue weighted by molar-refractivity contribution is 1.47. The molecule has 0 saturated heterocycles. The molecule has 5 aromatic carbocycles. The molecule has 0 N–H and O–H groups in total. The van der Waals surface area contributed by atoms with Crippen LogP contribution in [0.1, 0.15) is 5.56 Å². The Morgan fingerprint density at radius 1 is 0.400 bits per heavy atom. The van der Waals surface area contributed by atoms with Crippen LogP contribution in [0.4, 0.5) is 0 Å². The molecule has 0 heterocycles. The van der Waals surface area contributed by atoms with Crippen molar-refractivity contribution in [2.75, 3.05) is 0 Å². The van der Waals surface area contributed by atoms with E-state index in [1.54, 1.807) is 0 Å². The number of fused-ring (bicyclic) bond motifs is 6. The number of hydrogen-bond donors (Lipinski definition) is 0. The molecule has 5 rings (SSSR count). The second-order valence-electron chi connectivity index (χ2n) is 6.63. The van der Waals surface area contributed by atoms with Gasteiger partial charge in [0.1, 0.15) is 0 Å². The zero-order valence-corrected chi connectivity index (χ0v) is 14.2. The van der Waals surface area contributed by atoms with E-state index in [-0.39, 0.29) is 0 Å².